The Bertz CT molecular complexity index is 524. The molecular weight excluding hydrogens is 232 g/mol. The Balaban J connectivity index is 1.91. The van der Waals surface area contributed by atoms with Crippen molar-refractivity contribution in [2.24, 2.45) is 0 Å². The Morgan fingerprint density at radius 1 is 1.44 bits per heavy atom. The van der Waals surface area contributed by atoms with E-state index >= 15 is 0 Å². The molecule has 0 saturated heterocycles. The van der Waals surface area contributed by atoms with Crippen molar-refractivity contribution < 1.29 is 4.74 Å². The van der Waals surface area contributed by atoms with Crippen LogP contribution < -0.4 is 15.8 Å². The van der Waals surface area contributed by atoms with E-state index in [1.165, 1.54) is 7.11 Å². The molecule has 0 amide bonds. The summed E-state index contributed by atoms with van der Waals surface area (Å²) < 4.78 is 6.88. The maximum Gasteiger partial charge on any atom is 0.225 e. The van der Waals surface area contributed by atoms with Gasteiger partial charge in [-0.1, -0.05) is 0 Å². The van der Waals surface area contributed by atoms with E-state index in [2.05, 4.69) is 20.4 Å². The number of nitrogens with one attached hydrogen (secondary N) is 1. The smallest absolute Gasteiger partial charge is 0.225 e. The Hall–Kier alpha value is -2.31. The largest absolute Gasteiger partial charge is 0.481 e. The molecule has 0 saturated carbocycles. The van der Waals surface area contributed by atoms with Crippen LogP contribution in [0.4, 0.5) is 11.8 Å². The zero-order valence-corrected chi connectivity index (χ0v) is 10.4. The number of hydrogen-bond donors (Lipinski definition) is 2. The highest BCUT2D eigenvalue weighted by molar-refractivity contribution is 5.42. The fraction of sp³-hybridized carbons (Fsp3) is 0.364. The molecule has 0 fully saturated rings. The van der Waals surface area contributed by atoms with Gasteiger partial charge in [-0.05, 0) is 12.5 Å². The van der Waals surface area contributed by atoms with Gasteiger partial charge in [-0.15, -0.1) is 0 Å². The van der Waals surface area contributed by atoms with E-state index in [9.17, 15) is 0 Å². The molecule has 18 heavy (non-hydrogen) atoms. The number of hydrogen-bond acceptors (Lipinski definition) is 6. The van der Waals surface area contributed by atoms with Crippen LogP contribution in [0, 0.1) is 6.92 Å². The molecule has 7 heteroatoms. The molecule has 0 aliphatic rings. The Morgan fingerprint density at radius 3 is 2.94 bits per heavy atom. The third-order valence-electron chi connectivity index (χ3n) is 2.34. The van der Waals surface area contributed by atoms with Crippen LogP contribution in [0.2, 0.25) is 0 Å². The molecule has 0 atom stereocenters. The fourth-order valence-electron chi connectivity index (χ4n) is 1.53. The van der Waals surface area contributed by atoms with Gasteiger partial charge in [0.1, 0.15) is 5.82 Å². The van der Waals surface area contributed by atoms with Crippen molar-refractivity contribution in [3.8, 4) is 5.88 Å². The van der Waals surface area contributed by atoms with Crippen LogP contribution in [0.1, 0.15) is 5.56 Å². The molecular formula is C11H16N6O. The third-order valence-corrected chi connectivity index (χ3v) is 2.34. The molecule has 0 unspecified atom stereocenters. The number of nitrogens with zero attached hydrogens (tertiary/aromatic N) is 4. The molecule has 0 aromatic carbocycles. The lowest BCUT2D eigenvalue weighted by Crippen LogP contribution is -2.12. The molecule has 2 aromatic heterocycles. The van der Waals surface area contributed by atoms with Gasteiger partial charge in [-0.25, -0.2) is 0 Å². The minimum atomic E-state index is 0.187. The number of nitrogens with two attached hydrogens (primary N) is 1. The van der Waals surface area contributed by atoms with Crippen LogP contribution >= 0.6 is 0 Å². The molecule has 2 aromatic rings. The first-order chi connectivity index (χ1) is 8.67. The topological polar surface area (TPSA) is 90.9 Å². The van der Waals surface area contributed by atoms with Crippen molar-refractivity contribution in [1.29, 1.82) is 0 Å². The van der Waals surface area contributed by atoms with Gasteiger partial charge in [0.15, 0.2) is 0 Å². The van der Waals surface area contributed by atoms with E-state index < -0.39 is 0 Å². The SMILES string of the molecule is COc1cc(NCCn2cc(C)cn2)nc(N)n1. The van der Waals surface area contributed by atoms with Crippen LogP contribution in [0.5, 0.6) is 5.88 Å². The normalized spacial score (nSPS) is 10.3. The first kappa shape index (κ1) is 12.2. The molecule has 0 spiro atoms. The Labute approximate surface area is 105 Å². The summed E-state index contributed by atoms with van der Waals surface area (Å²) in [5, 5.41) is 7.34. The predicted molar refractivity (Wildman–Crippen MR) is 68.5 cm³/mol. The van der Waals surface area contributed by atoms with Gasteiger partial charge in [-0.3, -0.25) is 4.68 Å². The van der Waals surface area contributed by atoms with Crippen LogP contribution in [-0.2, 0) is 6.54 Å². The second-order valence-corrected chi connectivity index (χ2v) is 3.86. The van der Waals surface area contributed by atoms with Crippen molar-refractivity contribution in [1.82, 2.24) is 19.7 Å². The molecule has 3 N–H and O–H groups in total. The Kier molecular flexibility index (Phi) is 3.61. The molecule has 0 radical (unpaired) electrons. The highest BCUT2D eigenvalue weighted by atomic mass is 16.5. The number of anilines is 2. The van der Waals surface area contributed by atoms with E-state index in [1.54, 1.807) is 6.07 Å². The maximum absolute atomic E-state index is 5.56. The summed E-state index contributed by atoms with van der Waals surface area (Å²) >= 11 is 0. The summed E-state index contributed by atoms with van der Waals surface area (Å²) in [6.07, 6.45) is 3.81. The van der Waals surface area contributed by atoms with Crippen LogP contribution in [0.15, 0.2) is 18.5 Å². The number of aromatic nitrogens is 4. The molecule has 96 valence electrons. The molecule has 2 heterocycles. The predicted octanol–water partition coefficient (Wildman–Crippen LogP) is 0.684. The van der Waals surface area contributed by atoms with Gasteiger partial charge >= 0.3 is 0 Å². The maximum atomic E-state index is 5.56. The highest BCUT2D eigenvalue weighted by Gasteiger charge is 2.02. The summed E-state index contributed by atoms with van der Waals surface area (Å²) in [5.74, 6) is 1.27. The third kappa shape index (κ3) is 3.09. The molecule has 0 aliphatic heterocycles. The van der Waals surface area contributed by atoms with E-state index in [0.717, 1.165) is 12.1 Å². The second kappa shape index (κ2) is 5.35. The highest BCUT2D eigenvalue weighted by Crippen LogP contribution is 2.13. The van der Waals surface area contributed by atoms with Gasteiger partial charge in [-0.2, -0.15) is 15.1 Å². The van der Waals surface area contributed by atoms with Crippen molar-refractivity contribution in [2.75, 3.05) is 24.7 Å². The Morgan fingerprint density at radius 2 is 2.28 bits per heavy atom. The number of methoxy groups -OCH3 is 1. The monoisotopic (exact) mass is 248 g/mol. The standard InChI is InChI=1S/C11H16N6O/c1-8-6-14-17(7-8)4-3-13-9-5-10(18-2)16-11(12)15-9/h5-7H,3-4H2,1-2H3,(H3,12,13,15,16). The minimum absolute atomic E-state index is 0.187. The van der Waals surface area contributed by atoms with Crippen molar-refractivity contribution >= 4 is 11.8 Å². The number of nitrogen functional groups attached to an aromatic ring is 1. The number of rotatable bonds is 5. The lowest BCUT2D eigenvalue weighted by atomic mass is 10.4. The summed E-state index contributed by atoms with van der Waals surface area (Å²) in [6, 6.07) is 1.70. The molecule has 0 aliphatic carbocycles. The van der Waals surface area contributed by atoms with E-state index in [1.807, 2.05) is 24.0 Å². The summed E-state index contributed by atoms with van der Waals surface area (Å²) in [7, 11) is 1.54. The minimum Gasteiger partial charge on any atom is -0.481 e. The van der Waals surface area contributed by atoms with Crippen LogP contribution in [-0.4, -0.2) is 33.4 Å². The summed E-state index contributed by atoms with van der Waals surface area (Å²) in [5.41, 5.74) is 6.70. The summed E-state index contributed by atoms with van der Waals surface area (Å²) in [6.45, 7) is 3.45. The quantitative estimate of drug-likeness (QED) is 0.808. The van der Waals surface area contributed by atoms with E-state index in [4.69, 9.17) is 10.5 Å². The average Bonchev–Trinajstić information content (AvgIpc) is 2.74. The number of ether oxygens (including phenoxy) is 1. The molecule has 7 nitrogen and oxygen atoms in total. The van der Waals surface area contributed by atoms with Crippen molar-refractivity contribution in [3.63, 3.8) is 0 Å². The van der Waals surface area contributed by atoms with Gasteiger partial charge in [0.05, 0.1) is 19.9 Å². The van der Waals surface area contributed by atoms with Gasteiger partial charge in [0.2, 0.25) is 11.8 Å². The van der Waals surface area contributed by atoms with Crippen molar-refractivity contribution in [2.45, 2.75) is 13.5 Å². The first-order valence-electron chi connectivity index (χ1n) is 5.59. The second-order valence-electron chi connectivity index (χ2n) is 3.86. The van der Waals surface area contributed by atoms with Crippen LogP contribution in [0.3, 0.4) is 0 Å². The zero-order chi connectivity index (χ0) is 13.0. The number of aryl methyl sites for hydroxylation is 1. The molecule has 2 rings (SSSR count). The molecule has 0 bridgehead atoms. The van der Waals surface area contributed by atoms with Gasteiger partial charge in [0, 0.05) is 18.8 Å². The fourth-order valence-corrected chi connectivity index (χ4v) is 1.53. The van der Waals surface area contributed by atoms with Gasteiger partial charge < -0.3 is 15.8 Å². The average molecular weight is 248 g/mol. The van der Waals surface area contributed by atoms with E-state index in [-0.39, 0.29) is 5.95 Å². The van der Waals surface area contributed by atoms with Crippen LogP contribution in [0.25, 0.3) is 0 Å². The van der Waals surface area contributed by atoms with Crippen molar-refractivity contribution in [3.05, 3.63) is 24.0 Å². The first-order valence-corrected chi connectivity index (χ1v) is 5.59. The summed E-state index contributed by atoms with van der Waals surface area (Å²) in [4.78, 5) is 7.97. The lowest BCUT2D eigenvalue weighted by Gasteiger charge is -2.07. The zero-order valence-electron chi connectivity index (χ0n) is 10.4. The van der Waals surface area contributed by atoms with E-state index in [0.29, 0.717) is 18.2 Å². The van der Waals surface area contributed by atoms with Gasteiger partial charge in [0.25, 0.3) is 0 Å². The lowest BCUT2D eigenvalue weighted by molar-refractivity contribution is 0.398.